The highest BCUT2D eigenvalue weighted by molar-refractivity contribution is 4.34. The van der Waals surface area contributed by atoms with Crippen LogP contribution in [-0.4, -0.2) is 37.3 Å². The number of aliphatic hydroxyl groups excluding tert-OH is 1. The largest absolute Gasteiger partial charge is 0.395 e. The molecule has 9 heavy (non-hydrogen) atoms. The molecule has 0 saturated heterocycles. The topological polar surface area (TPSA) is 23.5 Å². The first-order valence-electron chi connectivity index (χ1n) is 2.17. The summed E-state index contributed by atoms with van der Waals surface area (Å²) in [5.74, 6) is 0. The van der Waals surface area contributed by atoms with E-state index >= 15 is 0 Å². The third-order valence-electron chi connectivity index (χ3n) is 0.547. The normalized spacial score (nSPS) is 7.33. The zero-order chi connectivity index (χ0) is 6.99. The first kappa shape index (κ1) is 15.9. The Kier molecular flexibility index (Phi) is 27.6. The predicted molar refractivity (Wildman–Crippen MR) is 30.4 cm³/mol. The minimum Gasteiger partial charge on any atom is -0.395 e. The first-order chi connectivity index (χ1) is 3.77. The molecule has 0 saturated carbocycles. The van der Waals surface area contributed by atoms with Gasteiger partial charge in [0.15, 0.2) is 0 Å². The highest BCUT2D eigenvalue weighted by atomic mass is 20.0. The van der Waals surface area contributed by atoms with Crippen LogP contribution < -0.4 is 0 Å². The van der Waals surface area contributed by atoms with Crippen molar-refractivity contribution < 1.29 is 19.0 Å². The van der Waals surface area contributed by atoms with E-state index in [4.69, 9.17) is 14.3 Å². The van der Waals surface area contributed by atoms with Crippen LogP contribution in [0.25, 0.3) is 0 Å². The van der Waals surface area contributed by atoms with Crippen molar-refractivity contribution in [1.82, 2.24) is 4.90 Å². The minimum absolute atomic E-state index is 0. The second kappa shape index (κ2) is 15.6. The third-order valence-corrected chi connectivity index (χ3v) is 0.547. The SMILES string of the molecule is CN(C)CCO.F.FF. The number of hydrogen-bond acceptors (Lipinski definition) is 2. The van der Waals surface area contributed by atoms with Crippen LogP contribution in [0.2, 0.25) is 0 Å². The molecule has 0 atom stereocenters. The molecule has 0 aromatic carbocycles. The maximum absolute atomic E-state index is 8.20. The van der Waals surface area contributed by atoms with Gasteiger partial charge in [-0.15, -0.1) is 0 Å². The van der Waals surface area contributed by atoms with Crippen molar-refractivity contribution in [3.05, 3.63) is 0 Å². The molecule has 0 radical (unpaired) electrons. The van der Waals surface area contributed by atoms with Crippen LogP contribution in [0.1, 0.15) is 0 Å². The van der Waals surface area contributed by atoms with Gasteiger partial charge in [-0.2, -0.15) is 0 Å². The number of likely N-dealkylation sites (N-methyl/N-ethyl adjacent to an activating group) is 1. The van der Waals surface area contributed by atoms with E-state index in [0.717, 1.165) is 6.54 Å². The minimum atomic E-state index is 0. The van der Waals surface area contributed by atoms with E-state index in [1.807, 2.05) is 19.0 Å². The summed E-state index contributed by atoms with van der Waals surface area (Å²) in [6.07, 6.45) is 0. The van der Waals surface area contributed by atoms with Crippen molar-refractivity contribution in [2.75, 3.05) is 27.2 Å². The maximum atomic E-state index is 8.20. The molecule has 0 aromatic heterocycles. The van der Waals surface area contributed by atoms with Crippen LogP contribution in [0.3, 0.4) is 0 Å². The molecule has 60 valence electrons. The van der Waals surface area contributed by atoms with Crippen molar-refractivity contribution in [3.63, 3.8) is 0 Å². The fraction of sp³-hybridized carbons (Fsp3) is 1.00. The lowest BCUT2D eigenvalue weighted by Gasteiger charge is -2.03. The molecule has 5 heteroatoms. The van der Waals surface area contributed by atoms with Gasteiger partial charge in [0.1, 0.15) is 0 Å². The lowest BCUT2D eigenvalue weighted by Crippen LogP contribution is -2.15. The number of halogens is 3. The lowest BCUT2D eigenvalue weighted by atomic mass is 10.6. The summed E-state index contributed by atoms with van der Waals surface area (Å²) in [4.78, 5) is 1.93. The van der Waals surface area contributed by atoms with Gasteiger partial charge in [0.25, 0.3) is 0 Å². The highest BCUT2D eigenvalue weighted by Crippen LogP contribution is 1.66. The molecule has 0 aliphatic heterocycles. The Bertz CT molecular complexity index is 37.0. The molecule has 1 N–H and O–H groups in total. The van der Waals surface area contributed by atoms with E-state index in [1.54, 1.807) is 0 Å². The van der Waals surface area contributed by atoms with Crippen LogP contribution in [0.15, 0.2) is 0 Å². The zero-order valence-electron chi connectivity index (χ0n) is 5.47. The molecule has 0 fully saturated rings. The smallest absolute Gasteiger partial charge is 0.0558 e. The second-order valence-corrected chi connectivity index (χ2v) is 1.53. The van der Waals surface area contributed by atoms with Crippen LogP contribution in [0.5, 0.6) is 0 Å². The van der Waals surface area contributed by atoms with E-state index in [9.17, 15) is 0 Å². The van der Waals surface area contributed by atoms with Crippen molar-refractivity contribution >= 4 is 0 Å². The van der Waals surface area contributed by atoms with Crippen LogP contribution >= 0.6 is 0 Å². The van der Waals surface area contributed by atoms with Gasteiger partial charge in [-0.3, -0.25) is 4.70 Å². The van der Waals surface area contributed by atoms with Gasteiger partial charge in [0.05, 0.1) is 6.61 Å². The molecule has 0 bridgehead atoms. The molecule has 0 aliphatic carbocycles. The van der Waals surface area contributed by atoms with Gasteiger partial charge in [-0.1, -0.05) is 0 Å². The monoisotopic (exact) mass is 147 g/mol. The summed E-state index contributed by atoms with van der Waals surface area (Å²) in [5.41, 5.74) is 0. The molecular formula is C4H12F3NO. The molecule has 0 aromatic rings. The number of hydrogen-bond donors (Lipinski definition) is 1. The Hall–Kier alpha value is -0.290. The maximum Gasteiger partial charge on any atom is 0.0558 e. The summed E-state index contributed by atoms with van der Waals surface area (Å²) in [7, 11) is 3.85. The lowest BCUT2D eigenvalue weighted by molar-refractivity contribution is 0.108. The molecule has 0 spiro atoms. The standard InChI is InChI=1S/C4H11NO.F2.FH/c1-5(2)3-4-6;1-2;/h6H,3-4H2,1-2H3;;1H. The summed E-state index contributed by atoms with van der Waals surface area (Å²) < 4.78 is 16.0. The third kappa shape index (κ3) is 34.2. The highest BCUT2D eigenvalue weighted by Gasteiger charge is 1.80. The van der Waals surface area contributed by atoms with Crippen molar-refractivity contribution in [1.29, 1.82) is 0 Å². The Balaban J connectivity index is -0.000000109. The summed E-state index contributed by atoms with van der Waals surface area (Å²) in [6.45, 7) is 1.02. The summed E-state index contributed by atoms with van der Waals surface area (Å²) in [5, 5.41) is 8.20. The molecule has 0 rings (SSSR count). The fourth-order valence-electron chi connectivity index (χ4n) is 0.200. The Labute approximate surface area is 52.3 Å². The number of nitrogens with zero attached hydrogens (tertiary/aromatic N) is 1. The van der Waals surface area contributed by atoms with Gasteiger partial charge in [0, 0.05) is 15.7 Å². The summed E-state index contributed by atoms with van der Waals surface area (Å²) >= 11 is 0. The van der Waals surface area contributed by atoms with Crippen LogP contribution in [-0.2, 0) is 0 Å². The Morgan fingerprint density at radius 3 is 1.67 bits per heavy atom. The van der Waals surface area contributed by atoms with E-state index < -0.39 is 0 Å². The van der Waals surface area contributed by atoms with E-state index in [1.165, 1.54) is 0 Å². The van der Waals surface area contributed by atoms with Crippen molar-refractivity contribution in [2.24, 2.45) is 0 Å². The first-order valence-corrected chi connectivity index (χ1v) is 2.17. The van der Waals surface area contributed by atoms with Gasteiger partial charge in [0.2, 0.25) is 0 Å². The Morgan fingerprint density at radius 1 is 1.33 bits per heavy atom. The number of aliphatic hydroxyl groups is 1. The zero-order valence-corrected chi connectivity index (χ0v) is 5.47. The van der Waals surface area contributed by atoms with E-state index in [-0.39, 0.29) is 11.3 Å². The number of rotatable bonds is 2. The van der Waals surface area contributed by atoms with E-state index in [0.29, 0.717) is 0 Å². The molecule has 0 unspecified atom stereocenters. The fourth-order valence-corrected chi connectivity index (χ4v) is 0.200. The van der Waals surface area contributed by atoms with Crippen LogP contribution in [0, 0.1) is 0 Å². The van der Waals surface area contributed by atoms with Gasteiger partial charge in [-0.05, 0) is 14.1 Å². The second-order valence-electron chi connectivity index (χ2n) is 1.53. The predicted octanol–water partition coefficient (Wildman–Crippen LogP) is 0.533. The molecule has 0 aliphatic rings. The van der Waals surface area contributed by atoms with Gasteiger partial charge in [-0.25, -0.2) is 0 Å². The van der Waals surface area contributed by atoms with E-state index in [2.05, 4.69) is 0 Å². The summed E-state index contributed by atoms with van der Waals surface area (Å²) in [6, 6.07) is 0. The molecule has 2 nitrogen and oxygen atoms in total. The average Bonchev–Trinajstić information content (AvgIpc) is 1.72. The molecular weight excluding hydrogens is 135 g/mol. The van der Waals surface area contributed by atoms with Crippen molar-refractivity contribution in [2.45, 2.75) is 0 Å². The van der Waals surface area contributed by atoms with Crippen molar-refractivity contribution in [3.8, 4) is 0 Å². The quantitative estimate of drug-likeness (QED) is 0.616. The molecule has 0 amide bonds. The Morgan fingerprint density at radius 2 is 1.67 bits per heavy atom. The van der Waals surface area contributed by atoms with Crippen LogP contribution in [0.4, 0.5) is 13.9 Å². The van der Waals surface area contributed by atoms with Gasteiger partial charge >= 0.3 is 0 Å². The molecule has 0 heterocycles. The van der Waals surface area contributed by atoms with Gasteiger partial charge < -0.3 is 10.0 Å². The average molecular weight is 147 g/mol.